The molecule has 2 aliphatic rings. The van der Waals surface area contributed by atoms with E-state index in [0.29, 0.717) is 31.2 Å². The number of carbonyl (C=O) groups excluding carboxylic acids is 1. The van der Waals surface area contributed by atoms with Crippen LogP contribution in [0.15, 0.2) is 41.6 Å². The lowest BCUT2D eigenvalue weighted by Gasteiger charge is -2.43. The van der Waals surface area contributed by atoms with Crippen LogP contribution < -0.4 is 5.56 Å². The molecule has 6 nitrogen and oxygen atoms in total. The molecule has 0 aromatic carbocycles. The van der Waals surface area contributed by atoms with Crippen molar-refractivity contribution in [1.29, 1.82) is 0 Å². The number of nitrogens with zero attached hydrogens (tertiary/aromatic N) is 4. The monoisotopic (exact) mass is 336 g/mol. The highest BCUT2D eigenvalue weighted by Crippen LogP contribution is 2.37. The molecule has 2 aromatic rings. The third-order valence-electron chi connectivity index (χ3n) is 5.04. The van der Waals surface area contributed by atoms with E-state index < -0.39 is 0 Å². The smallest absolute Gasteiger partial charge is 0.274 e. The third kappa shape index (κ3) is 2.77. The minimum atomic E-state index is -0.0814. The van der Waals surface area contributed by atoms with Crippen LogP contribution in [-0.4, -0.2) is 38.4 Å². The molecule has 0 N–H and O–H groups in total. The molecule has 128 valence electrons. The summed E-state index contributed by atoms with van der Waals surface area (Å²) in [4.78, 5) is 35.1. The van der Waals surface area contributed by atoms with E-state index in [2.05, 4.69) is 9.97 Å². The van der Waals surface area contributed by atoms with Crippen molar-refractivity contribution in [2.75, 3.05) is 13.1 Å². The van der Waals surface area contributed by atoms with Crippen molar-refractivity contribution in [3.8, 4) is 0 Å². The molecule has 0 saturated carbocycles. The number of allylic oxidation sites excluding steroid dienone is 1. The predicted octanol–water partition coefficient (Wildman–Crippen LogP) is 1.93. The first-order valence-electron chi connectivity index (χ1n) is 8.59. The van der Waals surface area contributed by atoms with Gasteiger partial charge in [0.2, 0.25) is 0 Å². The van der Waals surface area contributed by atoms with E-state index in [1.807, 2.05) is 34.6 Å². The minimum Gasteiger partial charge on any atom is -0.336 e. The third-order valence-corrected chi connectivity index (χ3v) is 5.04. The van der Waals surface area contributed by atoms with Gasteiger partial charge in [-0.1, -0.05) is 12.2 Å². The van der Waals surface area contributed by atoms with Crippen LogP contribution in [0.25, 0.3) is 6.08 Å². The first-order valence-corrected chi connectivity index (χ1v) is 8.59. The molecule has 25 heavy (non-hydrogen) atoms. The van der Waals surface area contributed by atoms with Gasteiger partial charge < -0.3 is 9.47 Å². The molecule has 2 aromatic heterocycles. The molecule has 4 heterocycles. The van der Waals surface area contributed by atoms with Gasteiger partial charge in [-0.25, -0.2) is 4.98 Å². The minimum absolute atomic E-state index is 0.0478. The van der Waals surface area contributed by atoms with E-state index >= 15 is 0 Å². The Hall–Kier alpha value is -2.76. The number of aromatic nitrogens is 3. The van der Waals surface area contributed by atoms with Crippen LogP contribution >= 0.6 is 0 Å². The van der Waals surface area contributed by atoms with E-state index in [-0.39, 0.29) is 17.4 Å². The molecule has 0 aliphatic carbocycles. The second kappa shape index (κ2) is 6.27. The van der Waals surface area contributed by atoms with Crippen LogP contribution in [-0.2, 0) is 6.54 Å². The summed E-state index contributed by atoms with van der Waals surface area (Å²) in [5.41, 5.74) is 2.55. The number of amides is 1. The topological polar surface area (TPSA) is 68.1 Å². The summed E-state index contributed by atoms with van der Waals surface area (Å²) in [6.07, 6.45) is 9.65. The molecule has 2 unspecified atom stereocenters. The standard InChI is InChI=1S/C19H20N4O2/c1-2-3-14-4-5-17(24)23-11-13-8-15(18(14)23)12-22(10-13)19(25)16-9-20-6-7-21-16/h2-7,9,13,15H,8,10-12H2,1H3. The maximum absolute atomic E-state index is 12.8. The summed E-state index contributed by atoms with van der Waals surface area (Å²) in [7, 11) is 0. The number of rotatable bonds is 2. The van der Waals surface area contributed by atoms with Gasteiger partial charge >= 0.3 is 0 Å². The number of fused-ring (bicyclic) bond motifs is 4. The molecule has 1 saturated heterocycles. The Bertz CT molecular complexity index is 888. The Morgan fingerprint density at radius 1 is 1.24 bits per heavy atom. The lowest BCUT2D eigenvalue weighted by molar-refractivity contribution is 0.0588. The summed E-state index contributed by atoms with van der Waals surface area (Å²) in [6.45, 7) is 3.91. The number of hydrogen-bond acceptors (Lipinski definition) is 4. The Kier molecular flexibility index (Phi) is 3.95. The summed E-state index contributed by atoms with van der Waals surface area (Å²) < 4.78 is 1.90. The highest BCUT2D eigenvalue weighted by atomic mass is 16.2. The molecule has 4 rings (SSSR count). The zero-order chi connectivity index (χ0) is 17.4. The van der Waals surface area contributed by atoms with Gasteiger partial charge in [-0.15, -0.1) is 0 Å². The Morgan fingerprint density at radius 2 is 2.12 bits per heavy atom. The van der Waals surface area contributed by atoms with Crippen LogP contribution in [0.1, 0.15) is 41.0 Å². The molecule has 0 radical (unpaired) electrons. The fourth-order valence-electron chi connectivity index (χ4n) is 4.11. The van der Waals surface area contributed by atoms with Gasteiger partial charge in [0.05, 0.1) is 6.20 Å². The number of likely N-dealkylation sites (tertiary alicyclic amines) is 1. The quantitative estimate of drug-likeness (QED) is 0.840. The van der Waals surface area contributed by atoms with Crippen molar-refractivity contribution in [2.24, 2.45) is 5.92 Å². The molecular formula is C19H20N4O2. The van der Waals surface area contributed by atoms with Crippen molar-refractivity contribution in [3.63, 3.8) is 0 Å². The van der Waals surface area contributed by atoms with E-state index in [9.17, 15) is 9.59 Å². The summed E-state index contributed by atoms with van der Waals surface area (Å²) >= 11 is 0. The van der Waals surface area contributed by atoms with E-state index in [0.717, 1.165) is 17.7 Å². The van der Waals surface area contributed by atoms with E-state index in [1.54, 1.807) is 12.3 Å². The zero-order valence-electron chi connectivity index (χ0n) is 14.1. The van der Waals surface area contributed by atoms with Crippen molar-refractivity contribution in [3.05, 3.63) is 64.1 Å². The van der Waals surface area contributed by atoms with E-state index in [1.165, 1.54) is 12.4 Å². The van der Waals surface area contributed by atoms with Crippen molar-refractivity contribution >= 4 is 12.0 Å². The Labute approximate surface area is 145 Å². The fourth-order valence-corrected chi connectivity index (χ4v) is 4.11. The summed E-state index contributed by atoms with van der Waals surface area (Å²) in [6, 6.07) is 3.53. The van der Waals surface area contributed by atoms with Gasteiger partial charge in [0.1, 0.15) is 5.69 Å². The average molecular weight is 336 g/mol. The van der Waals surface area contributed by atoms with E-state index in [4.69, 9.17) is 0 Å². The average Bonchev–Trinajstić information content (AvgIpc) is 2.64. The maximum Gasteiger partial charge on any atom is 0.274 e. The molecule has 6 heteroatoms. The van der Waals surface area contributed by atoms with Gasteiger partial charge in [0.15, 0.2) is 0 Å². The van der Waals surface area contributed by atoms with Gasteiger partial charge in [0, 0.05) is 49.7 Å². The maximum atomic E-state index is 12.8. The van der Waals surface area contributed by atoms with Crippen molar-refractivity contribution in [2.45, 2.75) is 25.8 Å². The van der Waals surface area contributed by atoms with Crippen LogP contribution in [0.2, 0.25) is 0 Å². The highest BCUT2D eigenvalue weighted by molar-refractivity contribution is 5.92. The van der Waals surface area contributed by atoms with Crippen LogP contribution in [0.4, 0.5) is 0 Å². The molecule has 2 atom stereocenters. The molecule has 2 aliphatic heterocycles. The van der Waals surface area contributed by atoms with Gasteiger partial charge in [-0.05, 0) is 30.9 Å². The lowest BCUT2D eigenvalue weighted by atomic mass is 9.81. The molecule has 0 spiro atoms. The number of pyridine rings is 1. The number of hydrogen-bond donors (Lipinski definition) is 0. The largest absolute Gasteiger partial charge is 0.336 e. The predicted molar refractivity (Wildman–Crippen MR) is 94.2 cm³/mol. The molecule has 1 amide bonds. The normalized spacial score (nSPS) is 22.0. The number of carbonyl (C=O) groups is 1. The SMILES string of the molecule is CC=Cc1ccc(=O)n2c1C1CC(CN(C(=O)c3cnccn3)C1)C2. The lowest BCUT2D eigenvalue weighted by Crippen LogP contribution is -2.49. The van der Waals surface area contributed by atoms with Crippen LogP contribution in [0.5, 0.6) is 0 Å². The summed E-state index contributed by atoms with van der Waals surface area (Å²) in [5, 5.41) is 0. The molecular weight excluding hydrogens is 316 g/mol. The van der Waals surface area contributed by atoms with Gasteiger partial charge in [-0.3, -0.25) is 14.6 Å². The van der Waals surface area contributed by atoms with Gasteiger partial charge in [0.25, 0.3) is 11.5 Å². The molecule has 2 bridgehead atoms. The number of piperidine rings is 1. The molecule has 1 fully saturated rings. The van der Waals surface area contributed by atoms with Crippen LogP contribution in [0, 0.1) is 5.92 Å². The Balaban J connectivity index is 1.70. The van der Waals surface area contributed by atoms with Gasteiger partial charge in [-0.2, -0.15) is 0 Å². The highest BCUT2D eigenvalue weighted by Gasteiger charge is 2.37. The first kappa shape index (κ1) is 15.7. The van der Waals surface area contributed by atoms with Crippen molar-refractivity contribution in [1.82, 2.24) is 19.4 Å². The zero-order valence-corrected chi connectivity index (χ0v) is 14.1. The van der Waals surface area contributed by atoms with Crippen molar-refractivity contribution < 1.29 is 4.79 Å². The van der Waals surface area contributed by atoms with Crippen LogP contribution in [0.3, 0.4) is 0 Å². The second-order valence-electron chi connectivity index (χ2n) is 6.72. The Morgan fingerprint density at radius 3 is 2.88 bits per heavy atom. The first-order chi connectivity index (χ1) is 12.2. The fraction of sp³-hybridized carbons (Fsp3) is 0.368. The summed E-state index contributed by atoms with van der Waals surface area (Å²) in [5.74, 6) is 0.390. The second-order valence-corrected chi connectivity index (χ2v) is 6.72.